The van der Waals surface area contributed by atoms with Gasteiger partial charge in [-0.1, -0.05) is 42.4 Å². The van der Waals surface area contributed by atoms with Crippen LogP contribution in [0.3, 0.4) is 0 Å². The molecule has 0 bridgehead atoms. The number of ether oxygens (including phenoxy) is 1. The highest BCUT2D eigenvalue weighted by molar-refractivity contribution is 5.95. The lowest BCUT2D eigenvalue weighted by Gasteiger charge is -2.29. The van der Waals surface area contributed by atoms with Gasteiger partial charge in [-0.15, -0.1) is 0 Å². The van der Waals surface area contributed by atoms with E-state index >= 15 is 0 Å². The van der Waals surface area contributed by atoms with Crippen LogP contribution in [-0.2, 0) is 37.1 Å². The summed E-state index contributed by atoms with van der Waals surface area (Å²) in [6.07, 6.45) is 2.13. The Kier molecular flexibility index (Phi) is 6.44. The monoisotopic (exact) mass is 463 g/mol. The molecule has 0 unspecified atom stereocenters. The van der Waals surface area contributed by atoms with Gasteiger partial charge in [0.25, 0.3) is 11.8 Å². The van der Waals surface area contributed by atoms with Crippen molar-refractivity contribution in [2.75, 3.05) is 32.8 Å². The SMILES string of the molecule is CCc1cc(C(=O)N2CCc3c(c(C(=O)N4CCOCC4)nn3CCc3ccccc3)C2)no1. The molecule has 0 N–H and O–H groups in total. The second-order valence-electron chi connectivity index (χ2n) is 8.65. The first kappa shape index (κ1) is 22.3. The smallest absolute Gasteiger partial charge is 0.276 e. The van der Waals surface area contributed by atoms with Crippen LogP contribution in [0.4, 0.5) is 0 Å². The molecule has 2 aliphatic rings. The third-order valence-electron chi connectivity index (χ3n) is 6.50. The van der Waals surface area contributed by atoms with Crippen LogP contribution in [0.5, 0.6) is 0 Å². The van der Waals surface area contributed by atoms with Crippen LogP contribution in [0.15, 0.2) is 40.9 Å². The lowest BCUT2D eigenvalue weighted by atomic mass is 10.0. The van der Waals surface area contributed by atoms with Gasteiger partial charge < -0.3 is 19.1 Å². The summed E-state index contributed by atoms with van der Waals surface area (Å²) < 4.78 is 12.6. The van der Waals surface area contributed by atoms with E-state index in [0.29, 0.717) is 75.9 Å². The van der Waals surface area contributed by atoms with E-state index in [4.69, 9.17) is 14.4 Å². The Morgan fingerprint density at radius 1 is 1.03 bits per heavy atom. The van der Waals surface area contributed by atoms with Crippen LogP contribution in [0, 0.1) is 0 Å². The van der Waals surface area contributed by atoms with E-state index in [1.165, 1.54) is 5.56 Å². The highest BCUT2D eigenvalue weighted by Gasteiger charge is 2.33. The van der Waals surface area contributed by atoms with Crippen molar-refractivity contribution in [1.29, 1.82) is 0 Å². The van der Waals surface area contributed by atoms with Gasteiger partial charge in [-0.2, -0.15) is 5.10 Å². The highest BCUT2D eigenvalue weighted by Crippen LogP contribution is 2.26. The molecule has 1 saturated heterocycles. The van der Waals surface area contributed by atoms with Crippen LogP contribution in [0.2, 0.25) is 0 Å². The van der Waals surface area contributed by atoms with E-state index < -0.39 is 0 Å². The molecule has 9 nitrogen and oxygen atoms in total. The first-order chi connectivity index (χ1) is 16.6. The number of aromatic nitrogens is 3. The Hall–Kier alpha value is -3.46. The van der Waals surface area contributed by atoms with Gasteiger partial charge in [0.15, 0.2) is 11.4 Å². The van der Waals surface area contributed by atoms with Crippen molar-refractivity contribution >= 4 is 11.8 Å². The molecule has 2 aromatic heterocycles. The number of aryl methyl sites for hydroxylation is 3. The maximum Gasteiger partial charge on any atom is 0.276 e. The van der Waals surface area contributed by atoms with E-state index in [-0.39, 0.29) is 11.8 Å². The molecule has 3 aromatic rings. The Bertz CT molecular complexity index is 1160. The molecule has 178 valence electrons. The minimum absolute atomic E-state index is 0.0954. The van der Waals surface area contributed by atoms with Crippen LogP contribution in [-0.4, -0.2) is 69.4 Å². The Balaban J connectivity index is 1.42. The zero-order valence-electron chi connectivity index (χ0n) is 19.4. The Morgan fingerprint density at radius 3 is 2.56 bits per heavy atom. The molecule has 0 atom stereocenters. The number of hydrogen-bond donors (Lipinski definition) is 0. The van der Waals surface area contributed by atoms with Gasteiger partial charge in [-0.3, -0.25) is 14.3 Å². The van der Waals surface area contributed by atoms with Gasteiger partial charge in [0.1, 0.15) is 5.76 Å². The number of amides is 2. The highest BCUT2D eigenvalue weighted by atomic mass is 16.5. The number of carbonyl (C=O) groups excluding carboxylic acids is 2. The van der Waals surface area contributed by atoms with Crippen molar-refractivity contribution in [3.8, 4) is 0 Å². The van der Waals surface area contributed by atoms with Gasteiger partial charge >= 0.3 is 0 Å². The molecule has 2 aliphatic heterocycles. The van der Waals surface area contributed by atoms with Gasteiger partial charge in [0.05, 0.1) is 19.8 Å². The fourth-order valence-electron chi connectivity index (χ4n) is 4.56. The first-order valence-electron chi connectivity index (χ1n) is 11.9. The van der Waals surface area contributed by atoms with E-state index in [2.05, 4.69) is 17.3 Å². The van der Waals surface area contributed by atoms with Crippen molar-refractivity contribution in [3.05, 3.63) is 70.4 Å². The minimum Gasteiger partial charge on any atom is -0.378 e. The third kappa shape index (κ3) is 4.48. The number of morpholine rings is 1. The number of benzene rings is 1. The van der Waals surface area contributed by atoms with Crippen molar-refractivity contribution in [2.24, 2.45) is 0 Å². The molecule has 0 saturated carbocycles. The second kappa shape index (κ2) is 9.80. The van der Waals surface area contributed by atoms with E-state index in [0.717, 1.165) is 17.7 Å². The zero-order valence-corrected chi connectivity index (χ0v) is 19.4. The van der Waals surface area contributed by atoms with Crippen molar-refractivity contribution in [3.63, 3.8) is 0 Å². The molecule has 1 fully saturated rings. The summed E-state index contributed by atoms with van der Waals surface area (Å²) in [5.41, 5.74) is 3.84. The summed E-state index contributed by atoms with van der Waals surface area (Å²) in [4.78, 5) is 30.0. The van der Waals surface area contributed by atoms with Gasteiger partial charge in [0, 0.05) is 56.3 Å². The van der Waals surface area contributed by atoms with Crippen molar-refractivity contribution in [1.82, 2.24) is 24.7 Å². The first-order valence-corrected chi connectivity index (χ1v) is 11.9. The quantitative estimate of drug-likeness (QED) is 0.557. The van der Waals surface area contributed by atoms with Crippen LogP contribution < -0.4 is 0 Å². The van der Waals surface area contributed by atoms with Crippen molar-refractivity contribution in [2.45, 2.75) is 39.3 Å². The largest absolute Gasteiger partial charge is 0.378 e. The molecule has 9 heteroatoms. The van der Waals surface area contributed by atoms with Gasteiger partial charge in [-0.25, -0.2) is 0 Å². The lowest BCUT2D eigenvalue weighted by molar-refractivity contribution is 0.0296. The number of rotatable bonds is 6. The summed E-state index contributed by atoms with van der Waals surface area (Å²) in [5, 5.41) is 8.72. The average Bonchev–Trinajstić information content (AvgIpc) is 3.52. The van der Waals surface area contributed by atoms with Gasteiger partial charge in [-0.05, 0) is 12.0 Å². The fraction of sp³-hybridized carbons (Fsp3) is 0.440. The van der Waals surface area contributed by atoms with E-state index in [1.807, 2.05) is 29.8 Å². The Morgan fingerprint density at radius 2 is 1.82 bits per heavy atom. The molecule has 5 rings (SSSR count). The topological polar surface area (TPSA) is 93.7 Å². The van der Waals surface area contributed by atoms with Gasteiger partial charge in [0.2, 0.25) is 0 Å². The maximum atomic E-state index is 13.4. The number of hydrogen-bond acceptors (Lipinski definition) is 6. The van der Waals surface area contributed by atoms with E-state index in [1.54, 1.807) is 15.9 Å². The Labute approximate surface area is 198 Å². The number of fused-ring (bicyclic) bond motifs is 1. The minimum atomic E-state index is -0.184. The lowest BCUT2D eigenvalue weighted by Crippen LogP contribution is -2.42. The molecule has 0 aliphatic carbocycles. The summed E-state index contributed by atoms with van der Waals surface area (Å²) in [7, 11) is 0. The standard InChI is InChI=1S/C25H29N5O4/c1-2-19-16-21(27-34-19)24(31)29-10-9-22-20(17-29)23(25(32)28-12-14-33-15-13-28)26-30(22)11-8-18-6-4-3-5-7-18/h3-7,16H,2,8-15,17H2,1H3. The summed E-state index contributed by atoms with van der Waals surface area (Å²) >= 11 is 0. The normalized spacial score (nSPS) is 15.9. The van der Waals surface area contributed by atoms with E-state index in [9.17, 15) is 9.59 Å². The van der Waals surface area contributed by atoms with Crippen LogP contribution in [0.25, 0.3) is 0 Å². The summed E-state index contributed by atoms with van der Waals surface area (Å²) in [5.74, 6) is 0.399. The van der Waals surface area contributed by atoms with Crippen molar-refractivity contribution < 1.29 is 18.8 Å². The molecule has 1 aromatic carbocycles. The summed E-state index contributed by atoms with van der Waals surface area (Å²) in [6.45, 7) is 5.66. The molecule has 4 heterocycles. The molecular formula is C25H29N5O4. The second-order valence-corrected chi connectivity index (χ2v) is 8.65. The predicted octanol–water partition coefficient (Wildman–Crippen LogP) is 2.35. The maximum absolute atomic E-state index is 13.4. The molecule has 2 amide bonds. The predicted molar refractivity (Wildman–Crippen MR) is 123 cm³/mol. The molecule has 34 heavy (non-hydrogen) atoms. The van der Waals surface area contributed by atoms with Crippen LogP contribution >= 0.6 is 0 Å². The molecule has 0 spiro atoms. The molecular weight excluding hydrogens is 434 g/mol. The number of carbonyl (C=O) groups is 2. The number of nitrogens with zero attached hydrogens (tertiary/aromatic N) is 5. The fourth-order valence-corrected chi connectivity index (χ4v) is 4.56. The summed E-state index contributed by atoms with van der Waals surface area (Å²) in [6, 6.07) is 11.9. The molecule has 0 radical (unpaired) electrons. The zero-order chi connectivity index (χ0) is 23.5. The third-order valence-corrected chi connectivity index (χ3v) is 6.50. The van der Waals surface area contributed by atoms with Crippen LogP contribution in [0.1, 0.15) is 50.5 Å². The average molecular weight is 464 g/mol.